The number of anilines is 1. The van der Waals surface area contributed by atoms with E-state index in [1.807, 2.05) is 38.1 Å². The molecule has 2 aromatic rings. The molecule has 0 saturated heterocycles. The summed E-state index contributed by atoms with van der Waals surface area (Å²) in [5.74, 6) is 0. The molecule has 21 heavy (non-hydrogen) atoms. The number of nitrogens with one attached hydrogen (secondary N) is 1. The van der Waals surface area contributed by atoms with Gasteiger partial charge in [0.2, 0.25) is 0 Å². The van der Waals surface area contributed by atoms with E-state index in [4.69, 9.17) is 23.2 Å². The van der Waals surface area contributed by atoms with Crippen molar-refractivity contribution in [1.29, 1.82) is 0 Å². The van der Waals surface area contributed by atoms with Gasteiger partial charge < -0.3 is 5.32 Å². The zero-order valence-corrected chi connectivity index (χ0v) is 13.1. The Balaban J connectivity index is 2.37. The molecule has 0 aromatic heterocycles. The van der Waals surface area contributed by atoms with Gasteiger partial charge in [-0.05, 0) is 31.0 Å². The lowest BCUT2D eigenvalue weighted by Gasteiger charge is -2.18. The second kappa shape index (κ2) is 6.33. The van der Waals surface area contributed by atoms with Crippen LogP contribution < -0.4 is 5.32 Å². The van der Waals surface area contributed by atoms with Crippen molar-refractivity contribution in [2.24, 2.45) is 0 Å². The Labute approximate surface area is 132 Å². The van der Waals surface area contributed by atoms with Crippen molar-refractivity contribution in [3.8, 4) is 0 Å². The average molecular weight is 325 g/mol. The predicted octanol–water partition coefficient (Wildman–Crippen LogP) is 5.38. The molecule has 0 fully saturated rings. The zero-order chi connectivity index (χ0) is 15.6. The van der Waals surface area contributed by atoms with Gasteiger partial charge >= 0.3 is 0 Å². The monoisotopic (exact) mass is 324 g/mol. The lowest BCUT2D eigenvalue weighted by molar-refractivity contribution is -0.384. The lowest BCUT2D eigenvalue weighted by atomic mass is 10.0. The fourth-order valence-corrected chi connectivity index (χ4v) is 2.51. The molecular weight excluding hydrogens is 311 g/mol. The van der Waals surface area contributed by atoms with Gasteiger partial charge in [0.15, 0.2) is 0 Å². The number of halogens is 2. The molecule has 0 heterocycles. The van der Waals surface area contributed by atoms with Crippen LogP contribution in [-0.2, 0) is 0 Å². The fraction of sp³-hybridized carbons (Fsp3) is 0.200. The Kier molecular flexibility index (Phi) is 4.70. The average Bonchev–Trinajstić information content (AvgIpc) is 2.42. The van der Waals surface area contributed by atoms with Crippen LogP contribution in [0, 0.1) is 17.0 Å². The minimum absolute atomic E-state index is 0.0927. The molecule has 2 aromatic carbocycles. The first kappa shape index (κ1) is 15.6. The molecule has 1 atom stereocenters. The molecule has 0 aliphatic rings. The van der Waals surface area contributed by atoms with Gasteiger partial charge in [0.05, 0.1) is 15.0 Å². The highest BCUT2D eigenvalue weighted by atomic mass is 35.5. The maximum Gasteiger partial charge on any atom is 0.293 e. The topological polar surface area (TPSA) is 55.2 Å². The van der Waals surface area contributed by atoms with Crippen LogP contribution in [0.2, 0.25) is 10.0 Å². The summed E-state index contributed by atoms with van der Waals surface area (Å²) in [6.45, 7) is 3.94. The van der Waals surface area contributed by atoms with Crippen molar-refractivity contribution in [2.75, 3.05) is 5.32 Å². The SMILES string of the molecule is Cc1ccccc1C(C)Nc1cc(Cl)c(Cl)cc1[N+](=O)[O-]. The van der Waals surface area contributed by atoms with Crippen LogP contribution in [0.4, 0.5) is 11.4 Å². The van der Waals surface area contributed by atoms with E-state index in [0.29, 0.717) is 5.69 Å². The molecule has 1 N–H and O–H groups in total. The standard InChI is InChI=1S/C15H14Cl2N2O2/c1-9-5-3-4-6-11(9)10(2)18-14-7-12(16)13(17)8-15(14)19(20)21/h3-8,10,18H,1-2H3. The van der Waals surface area contributed by atoms with Crippen LogP contribution in [0.15, 0.2) is 36.4 Å². The third-order valence-corrected chi connectivity index (χ3v) is 3.98. The minimum atomic E-state index is -0.477. The largest absolute Gasteiger partial charge is 0.373 e. The van der Waals surface area contributed by atoms with Gasteiger partial charge in [-0.15, -0.1) is 0 Å². The molecule has 0 radical (unpaired) electrons. The number of benzene rings is 2. The van der Waals surface area contributed by atoms with E-state index >= 15 is 0 Å². The minimum Gasteiger partial charge on any atom is -0.373 e. The summed E-state index contributed by atoms with van der Waals surface area (Å²) in [7, 11) is 0. The maximum atomic E-state index is 11.1. The number of nitro groups is 1. The van der Waals surface area contributed by atoms with Gasteiger partial charge in [-0.25, -0.2) is 0 Å². The van der Waals surface area contributed by atoms with Gasteiger partial charge in [-0.1, -0.05) is 47.5 Å². The van der Waals surface area contributed by atoms with Crippen LogP contribution in [0.5, 0.6) is 0 Å². The van der Waals surface area contributed by atoms with E-state index in [1.54, 1.807) is 0 Å². The van der Waals surface area contributed by atoms with Crippen LogP contribution >= 0.6 is 23.2 Å². The summed E-state index contributed by atoms with van der Waals surface area (Å²) in [4.78, 5) is 10.7. The molecule has 1 unspecified atom stereocenters. The van der Waals surface area contributed by atoms with E-state index in [9.17, 15) is 10.1 Å². The Morgan fingerprint density at radius 2 is 1.81 bits per heavy atom. The Morgan fingerprint density at radius 1 is 1.19 bits per heavy atom. The predicted molar refractivity (Wildman–Crippen MR) is 86.3 cm³/mol. The van der Waals surface area contributed by atoms with Gasteiger partial charge in [-0.3, -0.25) is 10.1 Å². The summed E-state index contributed by atoms with van der Waals surface area (Å²) in [5, 5.41) is 14.7. The number of hydrogen-bond donors (Lipinski definition) is 1. The van der Waals surface area contributed by atoms with Crippen molar-refractivity contribution < 1.29 is 4.92 Å². The van der Waals surface area contributed by atoms with Crippen molar-refractivity contribution >= 4 is 34.6 Å². The first-order chi connectivity index (χ1) is 9.90. The normalized spacial score (nSPS) is 12.0. The highest BCUT2D eigenvalue weighted by Crippen LogP contribution is 2.36. The summed E-state index contributed by atoms with van der Waals surface area (Å²) in [5.41, 5.74) is 2.44. The number of nitrogens with zero attached hydrogens (tertiary/aromatic N) is 1. The molecule has 0 amide bonds. The molecular formula is C15H14Cl2N2O2. The van der Waals surface area contributed by atoms with E-state index in [2.05, 4.69) is 5.32 Å². The van der Waals surface area contributed by atoms with Crippen molar-refractivity contribution in [3.05, 3.63) is 67.7 Å². The molecule has 0 spiro atoms. The van der Waals surface area contributed by atoms with Gasteiger partial charge in [0.1, 0.15) is 5.69 Å². The molecule has 0 aliphatic carbocycles. The van der Waals surface area contributed by atoms with E-state index in [0.717, 1.165) is 11.1 Å². The molecule has 110 valence electrons. The lowest BCUT2D eigenvalue weighted by Crippen LogP contribution is -2.09. The Hall–Kier alpha value is -1.78. The maximum absolute atomic E-state index is 11.1. The van der Waals surface area contributed by atoms with Crippen LogP contribution in [0.3, 0.4) is 0 Å². The molecule has 0 aliphatic heterocycles. The molecule has 4 nitrogen and oxygen atoms in total. The Morgan fingerprint density at radius 3 is 2.43 bits per heavy atom. The molecule has 2 rings (SSSR count). The summed E-state index contributed by atoms with van der Waals surface area (Å²) < 4.78 is 0. The van der Waals surface area contributed by atoms with Gasteiger partial charge in [0.25, 0.3) is 5.69 Å². The second-order valence-corrected chi connectivity index (χ2v) is 5.58. The van der Waals surface area contributed by atoms with Crippen molar-refractivity contribution in [1.82, 2.24) is 0 Å². The fourth-order valence-electron chi connectivity index (χ4n) is 2.19. The third kappa shape index (κ3) is 3.46. The smallest absolute Gasteiger partial charge is 0.293 e. The number of aryl methyl sites for hydroxylation is 1. The van der Waals surface area contributed by atoms with Gasteiger partial charge in [-0.2, -0.15) is 0 Å². The van der Waals surface area contributed by atoms with Crippen molar-refractivity contribution in [3.63, 3.8) is 0 Å². The first-order valence-corrected chi connectivity index (χ1v) is 7.11. The molecule has 0 saturated carbocycles. The number of nitro benzene ring substituents is 1. The van der Waals surface area contributed by atoms with Crippen LogP contribution in [-0.4, -0.2) is 4.92 Å². The van der Waals surface area contributed by atoms with Crippen LogP contribution in [0.25, 0.3) is 0 Å². The zero-order valence-electron chi connectivity index (χ0n) is 11.6. The van der Waals surface area contributed by atoms with Crippen molar-refractivity contribution in [2.45, 2.75) is 19.9 Å². The van der Waals surface area contributed by atoms with E-state index in [1.165, 1.54) is 12.1 Å². The van der Waals surface area contributed by atoms with Crippen LogP contribution in [0.1, 0.15) is 24.1 Å². The summed E-state index contributed by atoms with van der Waals surface area (Å²) >= 11 is 11.8. The molecule has 0 bridgehead atoms. The highest BCUT2D eigenvalue weighted by molar-refractivity contribution is 6.42. The Bertz CT molecular complexity index is 689. The molecule has 6 heteroatoms. The quantitative estimate of drug-likeness (QED) is 0.606. The summed E-state index contributed by atoms with van der Waals surface area (Å²) in [6.07, 6.45) is 0. The number of hydrogen-bond acceptors (Lipinski definition) is 3. The summed E-state index contributed by atoms with van der Waals surface area (Å²) in [6, 6.07) is 10.5. The van der Waals surface area contributed by atoms with Gasteiger partial charge in [0, 0.05) is 12.1 Å². The third-order valence-electron chi connectivity index (χ3n) is 3.26. The number of rotatable bonds is 4. The van der Waals surface area contributed by atoms with E-state index < -0.39 is 4.92 Å². The van der Waals surface area contributed by atoms with E-state index in [-0.39, 0.29) is 21.8 Å². The highest BCUT2D eigenvalue weighted by Gasteiger charge is 2.19. The first-order valence-electron chi connectivity index (χ1n) is 6.35. The second-order valence-electron chi connectivity index (χ2n) is 4.76.